The number of benzene rings is 1. The van der Waals surface area contributed by atoms with Crippen LogP contribution in [0.5, 0.6) is 11.5 Å². The number of methoxy groups -OCH3 is 1. The zero-order valence-electron chi connectivity index (χ0n) is 44.1. The average molecular weight is 902 g/mol. The molecule has 1 rings (SSSR count). The van der Waals surface area contributed by atoms with Gasteiger partial charge in [-0.15, -0.1) is 12.3 Å². The normalized spacial score (nSPS) is 14.3. The van der Waals surface area contributed by atoms with E-state index < -0.39 is 61.3 Å². The first-order chi connectivity index (χ1) is 28.4. The van der Waals surface area contributed by atoms with E-state index in [9.17, 15) is 24.5 Å². The Hall–Kier alpha value is -3.89. The number of ether oxygens (including phenoxy) is 5. The summed E-state index contributed by atoms with van der Waals surface area (Å²) in [6, 6.07) is 2.70. The van der Waals surface area contributed by atoms with Crippen LogP contribution in [0.1, 0.15) is 196 Å². The molecule has 0 saturated heterocycles. The van der Waals surface area contributed by atoms with Crippen molar-refractivity contribution in [2.45, 2.75) is 224 Å². The van der Waals surface area contributed by atoms with Crippen molar-refractivity contribution in [2.75, 3.05) is 13.7 Å². The van der Waals surface area contributed by atoms with Gasteiger partial charge >= 0.3 is 5.97 Å². The summed E-state index contributed by atoms with van der Waals surface area (Å²) >= 11 is 0. The molecule has 0 aromatic heterocycles. The Labute approximate surface area is 387 Å². The van der Waals surface area contributed by atoms with Gasteiger partial charge in [0.05, 0.1) is 47.1 Å². The number of rotatable bonds is 25. The fourth-order valence-corrected chi connectivity index (χ4v) is 9.32. The lowest BCUT2D eigenvalue weighted by Crippen LogP contribution is -2.54. The van der Waals surface area contributed by atoms with Gasteiger partial charge in [-0.25, -0.2) is 0 Å². The average Bonchev–Trinajstić information content (AvgIpc) is 3.04. The standard InChI is InChI=1S/C51H87N3O10/c1-25-42(4,5)30-46(12,13)52-40(56)43(6,7)31-45(10,11)51(22,23)61-27-26-48(16,17)64-50(20,21)33-47(14,15)53-41(57)44(8,9)32-49(18,19)63-39-29-37(54(58)59)36(28-38(39)60-24)34(2)62-35(3)55/h1,28-29,34H,26-27,30-33H2,2-24H3,(H,52,56)(H,53,57). The Bertz CT molecular complexity index is 1860. The molecule has 2 N–H and O–H groups in total. The number of nitrogens with zero attached hydrogens (tertiary/aromatic N) is 1. The summed E-state index contributed by atoms with van der Waals surface area (Å²) in [5.74, 6) is 2.40. The molecule has 1 atom stereocenters. The van der Waals surface area contributed by atoms with Gasteiger partial charge in [0.15, 0.2) is 11.5 Å². The Morgan fingerprint density at radius 1 is 0.719 bits per heavy atom. The Morgan fingerprint density at radius 2 is 1.20 bits per heavy atom. The number of carbonyl (C=O) groups excluding carboxylic acids is 3. The van der Waals surface area contributed by atoms with E-state index in [0.29, 0.717) is 32.3 Å². The van der Waals surface area contributed by atoms with Gasteiger partial charge in [-0.3, -0.25) is 24.5 Å². The molecule has 0 fully saturated rings. The van der Waals surface area contributed by atoms with Gasteiger partial charge < -0.3 is 34.3 Å². The second kappa shape index (κ2) is 20.3. The molecule has 1 aromatic rings. The first-order valence-electron chi connectivity index (χ1n) is 22.6. The van der Waals surface area contributed by atoms with Crippen LogP contribution in [0.4, 0.5) is 5.69 Å². The lowest BCUT2D eigenvalue weighted by atomic mass is 9.66. The minimum Gasteiger partial charge on any atom is -0.493 e. The van der Waals surface area contributed by atoms with Crippen molar-refractivity contribution in [1.29, 1.82) is 0 Å². The fourth-order valence-electron chi connectivity index (χ4n) is 9.32. The molecule has 0 bridgehead atoms. The highest BCUT2D eigenvalue weighted by Gasteiger charge is 2.46. The summed E-state index contributed by atoms with van der Waals surface area (Å²) in [4.78, 5) is 50.8. The van der Waals surface area contributed by atoms with Crippen LogP contribution in [-0.2, 0) is 28.6 Å². The third-order valence-corrected chi connectivity index (χ3v) is 12.1. The summed E-state index contributed by atoms with van der Waals surface area (Å²) in [6.07, 6.45) is 7.45. The Balaban J connectivity index is 3.02. The molecule has 0 saturated carbocycles. The van der Waals surface area contributed by atoms with E-state index in [-0.39, 0.29) is 51.8 Å². The van der Waals surface area contributed by atoms with E-state index in [2.05, 4.69) is 44.2 Å². The largest absolute Gasteiger partial charge is 0.493 e. The molecule has 0 spiro atoms. The summed E-state index contributed by atoms with van der Waals surface area (Å²) in [6.45, 7) is 43.0. The molecule has 0 aliphatic heterocycles. The van der Waals surface area contributed by atoms with E-state index in [1.54, 1.807) is 6.92 Å². The van der Waals surface area contributed by atoms with Gasteiger partial charge in [0.25, 0.3) is 5.69 Å². The second-order valence-corrected chi connectivity index (χ2v) is 24.2. The molecule has 0 heterocycles. The van der Waals surface area contributed by atoms with Crippen LogP contribution in [0, 0.1) is 44.1 Å². The van der Waals surface area contributed by atoms with E-state index >= 15 is 0 Å². The van der Waals surface area contributed by atoms with Gasteiger partial charge in [-0.1, -0.05) is 41.5 Å². The van der Waals surface area contributed by atoms with Gasteiger partial charge in [0.2, 0.25) is 11.8 Å². The fraction of sp³-hybridized carbons (Fsp3) is 0.784. The van der Waals surface area contributed by atoms with Crippen molar-refractivity contribution in [3.8, 4) is 23.8 Å². The SMILES string of the molecule is C#CC(C)(C)CC(C)(C)NC(=O)C(C)(C)CC(C)(C)C(C)(C)OCCC(C)(C)OC(C)(C)CC(C)(C)NC(=O)C(C)(C)CC(C)(C)Oc1cc([N+](=O)[O-])c(C(C)OC(C)=O)cc1OC. The highest BCUT2D eigenvalue weighted by Crippen LogP contribution is 2.45. The summed E-state index contributed by atoms with van der Waals surface area (Å²) in [5, 5.41) is 18.6. The quantitative estimate of drug-likeness (QED) is 0.0418. The van der Waals surface area contributed by atoms with Gasteiger partial charge in [0, 0.05) is 40.7 Å². The number of amides is 2. The van der Waals surface area contributed by atoms with Crippen molar-refractivity contribution in [3.63, 3.8) is 0 Å². The number of hydrogen-bond donors (Lipinski definition) is 2. The molecule has 2 amide bonds. The highest BCUT2D eigenvalue weighted by molar-refractivity contribution is 5.83. The summed E-state index contributed by atoms with van der Waals surface area (Å²) in [7, 11) is 1.42. The predicted molar refractivity (Wildman–Crippen MR) is 255 cm³/mol. The van der Waals surface area contributed by atoms with Crippen molar-refractivity contribution in [3.05, 3.63) is 27.8 Å². The van der Waals surface area contributed by atoms with Crippen LogP contribution >= 0.6 is 0 Å². The summed E-state index contributed by atoms with van der Waals surface area (Å²) < 4.78 is 30.5. The molecule has 366 valence electrons. The van der Waals surface area contributed by atoms with Crippen molar-refractivity contribution in [1.82, 2.24) is 10.6 Å². The van der Waals surface area contributed by atoms with Gasteiger partial charge in [0.1, 0.15) is 11.7 Å². The van der Waals surface area contributed by atoms with E-state index in [4.69, 9.17) is 30.1 Å². The van der Waals surface area contributed by atoms with Crippen molar-refractivity contribution < 1.29 is 43.0 Å². The van der Waals surface area contributed by atoms with Crippen molar-refractivity contribution in [2.24, 2.45) is 21.7 Å². The minimum absolute atomic E-state index is 0.0187. The van der Waals surface area contributed by atoms with E-state index in [1.807, 2.05) is 111 Å². The van der Waals surface area contributed by atoms with Gasteiger partial charge in [-0.05, 0) is 141 Å². The molecule has 0 radical (unpaired) electrons. The Morgan fingerprint density at radius 3 is 1.66 bits per heavy atom. The maximum absolute atomic E-state index is 14.0. The molecule has 13 heteroatoms. The lowest BCUT2D eigenvalue weighted by Gasteiger charge is -2.46. The predicted octanol–water partition coefficient (Wildman–Crippen LogP) is 11.2. The topological polar surface area (TPSA) is 165 Å². The zero-order valence-corrected chi connectivity index (χ0v) is 44.1. The third kappa shape index (κ3) is 17.8. The number of hydrogen-bond acceptors (Lipinski definition) is 10. The highest BCUT2D eigenvalue weighted by atomic mass is 16.6. The number of nitrogens with one attached hydrogen (secondary N) is 2. The minimum atomic E-state index is -0.977. The zero-order chi connectivity index (χ0) is 50.5. The number of terminal acetylenes is 1. The first-order valence-corrected chi connectivity index (χ1v) is 22.6. The molecule has 0 aliphatic rings. The van der Waals surface area contributed by atoms with Crippen LogP contribution in [-0.4, -0.2) is 69.9 Å². The van der Waals surface area contributed by atoms with Crippen LogP contribution in [0.3, 0.4) is 0 Å². The van der Waals surface area contributed by atoms with E-state index in [0.717, 1.165) is 0 Å². The lowest BCUT2D eigenvalue weighted by molar-refractivity contribution is -0.386. The smallest absolute Gasteiger partial charge is 0.303 e. The monoisotopic (exact) mass is 902 g/mol. The van der Waals surface area contributed by atoms with Crippen molar-refractivity contribution >= 4 is 23.5 Å². The van der Waals surface area contributed by atoms with Gasteiger partial charge in [-0.2, -0.15) is 0 Å². The molecule has 64 heavy (non-hydrogen) atoms. The molecular weight excluding hydrogens is 815 g/mol. The van der Waals surface area contributed by atoms with Crippen LogP contribution < -0.4 is 20.1 Å². The molecule has 0 aliphatic carbocycles. The number of carbonyl (C=O) groups is 3. The third-order valence-electron chi connectivity index (χ3n) is 12.1. The van der Waals surface area contributed by atoms with Crippen LogP contribution in [0.15, 0.2) is 12.1 Å². The Kier molecular flexibility index (Phi) is 18.5. The number of nitro benzene ring substituents is 1. The number of esters is 1. The molecule has 13 nitrogen and oxygen atoms in total. The maximum atomic E-state index is 14.0. The van der Waals surface area contributed by atoms with Crippen LogP contribution in [0.25, 0.3) is 0 Å². The number of nitro groups is 1. The summed E-state index contributed by atoms with van der Waals surface area (Å²) in [5.41, 5.74) is -6.36. The molecule has 1 unspecified atom stereocenters. The maximum Gasteiger partial charge on any atom is 0.303 e. The van der Waals surface area contributed by atoms with Crippen LogP contribution in [0.2, 0.25) is 0 Å². The van der Waals surface area contributed by atoms with E-state index in [1.165, 1.54) is 26.2 Å². The molecular formula is C51H87N3O10. The second-order valence-electron chi connectivity index (χ2n) is 24.2. The first kappa shape index (κ1) is 58.1. The molecule has 1 aromatic carbocycles.